The first-order chi connectivity index (χ1) is 12.2. The molecule has 1 aromatic carbocycles. The van der Waals surface area contributed by atoms with Gasteiger partial charge >= 0.3 is 0 Å². The minimum atomic E-state index is -0.442. The number of piperidine rings is 1. The fourth-order valence-corrected chi connectivity index (χ4v) is 2.96. The lowest BCUT2D eigenvalue weighted by atomic mass is 9.97. The van der Waals surface area contributed by atoms with E-state index in [-0.39, 0.29) is 11.5 Å². The third-order valence-corrected chi connectivity index (χ3v) is 4.40. The average Bonchev–Trinajstić information content (AvgIpc) is 2.67. The molecular weight excluding hydrogens is 323 g/mol. The number of halogens is 1. The third kappa shape index (κ3) is 4.26. The van der Waals surface area contributed by atoms with Gasteiger partial charge in [-0.25, -0.2) is 9.37 Å². The normalized spacial score (nSPS) is 15.0. The van der Waals surface area contributed by atoms with Crippen molar-refractivity contribution in [2.45, 2.75) is 12.8 Å². The zero-order chi connectivity index (χ0) is 17.6. The number of ether oxygens (including phenoxy) is 2. The number of carbonyl (C=O) groups excluding carboxylic acids is 1. The van der Waals surface area contributed by atoms with Gasteiger partial charge < -0.3 is 14.4 Å². The van der Waals surface area contributed by atoms with Crippen molar-refractivity contribution in [2.75, 3.05) is 26.8 Å². The molecular formula is C19H21FN2O3. The topological polar surface area (TPSA) is 51.7 Å². The van der Waals surface area contributed by atoms with Crippen molar-refractivity contribution in [1.29, 1.82) is 0 Å². The largest absolute Gasteiger partial charge is 0.496 e. The second-order valence-electron chi connectivity index (χ2n) is 6.06. The van der Waals surface area contributed by atoms with Crippen molar-refractivity contribution in [2.24, 2.45) is 5.92 Å². The number of rotatable bonds is 5. The van der Waals surface area contributed by atoms with Gasteiger partial charge in [0.1, 0.15) is 11.6 Å². The van der Waals surface area contributed by atoms with Crippen LogP contribution >= 0.6 is 0 Å². The summed E-state index contributed by atoms with van der Waals surface area (Å²) in [4.78, 5) is 18.5. The summed E-state index contributed by atoms with van der Waals surface area (Å²) in [5.41, 5.74) is 0.269. The van der Waals surface area contributed by atoms with Crippen LogP contribution in [0.2, 0.25) is 0 Å². The highest BCUT2D eigenvalue weighted by Crippen LogP contribution is 2.25. The molecule has 0 radical (unpaired) electrons. The van der Waals surface area contributed by atoms with Crippen molar-refractivity contribution >= 4 is 5.91 Å². The molecule has 1 aliphatic rings. The zero-order valence-corrected chi connectivity index (χ0v) is 14.2. The number of carbonyl (C=O) groups is 1. The molecule has 0 atom stereocenters. The Bertz CT molecular complexity index is 716. The van der Waals surface area contributed by atoms with E-state index >= 15 is 0 Å². The Morgan fingerprint density at radius 3 is 2.76 bits per heavy atom. The Morgan fingerprint density at radius 2 is 2.08 bits per heavy atom. The number of amides is 1. The summed E-state index contributed by atoms with van der Waals surface area (Å²) in [6.45, 7) is 1.83. The van der Waals surface area contributed by atoms with Gasteiger partial charge in [0.25, 0.3) is 5.91 Å². The van der Waals surface area contributed by atoms with E-state index in [2.05, 4.69) is 4.98 Å². The van der Waals surface area contributed by atoms with Crippen molar-refractivity contribution < 1.29 is 18.7 Å². The molecule has 25 heavy (non-hydrogen) atoms. The van der Waals surface area contributed by atoms with Gasteiger partial charge in [-0.2, -0.15) is 0 Å². The van der Waals surface area contributed by atoms with Crippen LogP contribution in [0.25, 0.3) is 0 Å². The number of likely N-dealkylation sites (tertiary alicyclic amines) is 1. The predicted octanol–water partition coefficient (Wildman–Crippen LogP) is 3.16. The molecule has 1 aromatic heterocycles. The van der Waals surface area contributed by atoms with Crippen LogP contribution in [-0.2, 0) is 0 Å². The van der Waals surface area contributed by atoms with E-state index in [4.69, 9.17) is 9.47 Å². The van der Waals surface area contributed by atoms with E-state index in [0.717, 1.165) is 12.8 Å². The number of benzene rings is 1. The Morgan fingerprint density at radius 1 is 1.28 bits per heavy atom. The minimum Gasteiger partial charge on any atom is -0.496 e. The van der Waals surface area contributed by atoms with E-state index in [1.165, 1.54) is 25.3 Å². The van der Waals surface area contributed by atoms with Crippen molar-refractivity contribution in [3.05, 3.63) is 54.0 Å². The third-order valence-electron chi connectivity index (χ3n) is 4.40. The summed E-state index contributed by atoms with van der Waals surface area (Å²) in [6.07, 6.45) is 3.38. The first-order valence-corrected chi connectivity index (χ1v) is 8.34. The van der Waals surface area contributed by atoms with Gasteiger partial charge in [0.2, 0.25) is 5.88 Å². The highest BCUT2D eigenvalue weighted by molar-refractivity contribution is 5.97. The molecule has 0 N–H and O–H groups in total. The molecule has 6 heteroatoms. The second kappa shape index (κ2) is 7.96. The predicted molar refractivity (Wildman–Crippen MR) is 91.3 cm³/mol. The van der Waals surface area contributed by atoms with E-state index in [0.29, 0.717) is 37.2 Å². The lowest BCUT2D eigenvalue weighted by molar-refractivity contribution is 0.0655. The fraction of sp³-hybridized carbons (Fsp3) is 0.368. The molecule has 1 aliphatic heterocycles. The summed E-state index contributed by atoms with van der Waals surface area (Å²) >= 11 is 0. The van der Waals surface area contributed by atoms with E-state index in [1.54, 1.807) is 11.1 Å². The fourth-order valence-electron chi connectivity index (χ4n) is 2.96. The number of methoxy groups -OCH3 is 1. The quantitative estimate of drug-likeness (QED) is 0.836. The van der Waals surface area contributed by atoms with Gasteiger partial charge in [-0.15, -0.1) is 0 Å². The molecule has 1 fully saturated rings. The molecule has 5 nitrogen and oxygen atoms in total. The van der Waals surface area contributed by atoms with Crippen LogP contribution < -0.4 is 9.47 Å². The van der Waals surface area contributed by atoms with Gasteiger partial charge in [-0.1, -0.05) is 6.07 Å². The number of hydrogen-bond acceptors (Lipinski definition) is 4. The summed E-state index contributed by atoms with van der Waals surface area (Å²) in [7, 11) is 1.48. The van der Waals surface area contributed by atoms with E-state index < -0.39 is 5.82 Å². The second-order valence-corrected chi connectivity index (χ2v) is 6.06. The molecule has 3 rings (SSSR count). The molecule has 0 saturated carbocycles. The molecule has 0 spiro atoms. The van der Waals surface area contributed by atoms with Crippen LogP contribution in [0.5, 0.6) is 11.6 Å². The van der Waals surface area contributed by atoms with Crippen LogP contribution in [0.4, 0.5) is 4.39 Å². The zero-order valence-electron chi connectivity index (χ0n) is 14.2. The molecule has 2 aromatic rings. The molecule has 0 unspecified atom stereocenters. The molecule has 2 heterocycles. The Balaban J connectivity index is 1.55. The van der Waals surface area contributed by atoms with Crippen molar-refractivity contribution in [3.63, 3.8) is 0 Å². The molecule has 1 saturated heterocycles. The van der Waals surface area contributed by atoms with Gasteiger partial charge in [0, 0.05) is 25.4 Å². The minimum absolute atomic E-state index is 0.194. The lowest BCUT2D eigenvalue weighted by Crippen LogP contribution is -2.39. The van der Waals surface area contributed by atoms with Crippen molar-refractivity contribution in [3.8, 4) is 11.6 Å². The molecule has 0 aliphatic carbocycles. The first kappa shape index (κ1) is 17.2. The van der Waals surface area contributed by atoms with Crippen LogP contribution in [0.1, 0.15) is 23.2 Å². The molecule has 132 valence electrons. The molecule has 0 bridgehead atoms. The van der Waals surface area contributed by atoms with Crippen LogP contribution in [0.3, 0.4) is 0 Å². The maximum Gasteiger partial charge on any atom is 0.257 e. The van der Waals surface area contributed by atoms with E-state index in [9.17, 15) is 9.18 Å². The van der Waals surface area contributed by atoms with E-state index in [1.807, 2.05) is 18.2 Å². The number of aromatic nitrogens is 1. The summed E-state index contributed by atoms with van der Waals surface area (Å²) in [5.74, 6) is 0.751. The summed E-state index contributed by atoms with van der Waals surface area (Å²) < 4.78 is 24.4. The average molecular weight is 344 g/mol. The lowest BCUT2D eigenvalue weighted by Gasteiger charge is -2.32. The highest BCUT2D eigenvalue weighted by atomic mass is 19.1. The Kier molecular flexibility index (Phi) is 5.48. The summed E-state index contributed by atoms with van der Waals surface area (Å²) in [6, 6.07) is 9.56. The highest BCUT2D eigenvalue weighted by Gasteiger charge is 2.26. The SMILES string of the molecule is COc1ccc(F)cc1C(=O)N1CCC(COc2ccccn2)CC1. The number of pyridine rings is 1. The van der Waals surface area contributed by atoms with Gasteiger partial charge in [0.05, 0.1) is 19.3 Å². The Hall–Kier alpha value is -2.63. The maximum atomic E-state index is 13.5. The monoisotopic (exact) mass is 344 g/mol. The smallest absolute Gasteiger partial charge is 0.257 e. The maximum absolute atomic E-state index is 13.5. The van der Waals surface area contributed by atoms with Gasteiger partial charge in [-0.3, -0.25) is 4.79 Å². The first-order valence-electron chi connectivity index (χ1n) is 8.34. The number of hydrogen-bond donors (Lipinski definition) is 0. The standard InChI is InChI=1S/C19H21FN2O3/c1-24-17-6-5-15(20)12-16(17)19(23)22-10-7-14(8-11-22)13-25-18-4-2-3-9-21-18/h2-6,9,12,14H,7-8,10-11,13H2,1H3. The Labute approximate surface area is 146 Å². The van der Waals surface area contributed by atoms with Crippen LogP contribution in [0, 0.1) is 11.7 Å². The van der Waals surface area contributed by atoms with Gasteiger partial charge in [0.15, 0.2) is 0 Å². The molecule has 1 amide bonds. The number of nitrogens with zero attached hydrogens (tertiary/aromatic N) is 2. The van der Waals surface area contributed by atoms with Gasteiger partial charge in [-0.05, 0) is 43.0 Å². The van der Waals surface area contributed by atoms with Crippen molar-refractivity contribution in [1.82, 2.24) is 9.88 Å². The summed E-state index contributed by atoms with van der Waals surface area (Å²) in [5, 5.41) is 0. The van der Waals surface area contributed by atoms with Crippen LogP contribution in [-0.4, -0.2) is 42.6 Å². The van der Waals surface area contributed by atoms with Crippen LogP contribution in [0.15, 0.2) is 42.6 Å².